The molecule has 2 heteroatoms. The van der Waals surface area contributed by atoms with Crippen LogP contribution in [0.15, 0.2) is 36.6 Å². The molecule has 90 valence electrons. The number of ether oxygens (including phenoxy) is 2. The third-order valence-corrected chi connectivity index (χ3v) is 2.51. The van der Waals surface area contributed by atoms with Crippen molar-refractivity contribution in [1.82, 2.24) is 0 Å². The van der Waals surface area contributed by atoms with Crippen LogP contribution in [0.5, 0.6) is 11.5 Å². The smallest absolute Gasteiger partial charge is 0.168 e. The molecule has 1 heterocycles. The number of allylic oxidation sites excluding steroid dienone is 1. The Kier molecular flexibility index (Phi) is 3.86. The van der Waals surface area contributed by atoms with E-state index in [0.717, 1.165) is 23.5 Å². The van der Waals surface area contributed by atoms with Gasteiger partial charge in [-0.3, -0.25) is 0 Å². The number of hydrogen-bond acceptors (Lipinski definition) is 2. The molecule has 0 spiro atoms. The maximum absolute atomic E-state index is 5.51. The van der Waals surface area contributed by atoms with Crippen molar-refractivity contribution in [2.75, 3.05) is 6.61 Å². The van der Waals surface area contributed by atoms with Crippen LogP contribution in [0.25, 0.3) is 6.08 Å². The molecule has 17 heavy (non-hydrogen) atoms. The highest BCUT2D eigenvalue weighted by atomic mass is 16.5. The Morgan fingerprint density at radius 1 is 1.29 bits per heavy atom. The molecule has 0 aliphatic carbocycles. The van der Waals surface area contributed by atoms with E-state index in [9.17, 15) is 0 Å². The fourth-order valence-electron chi connectivity index (χ4n) is 1.61. The molecule has 0 saturated heterocycles. The van der Waals surface area contributed by atoms with Crippen LogP contribution in [0.2, 0.25) is 0 Å². The van der Waals surface area contributed by atoms with Crippen molar-refractivity contribution in [3.05, 3.63) is 42.2 Å². The Balaban J connectivity index is 2.12. The molecule has 0 unspecified atom stereocenters. The number of benzene rings is 1. The zero-order chi connectivity index (χ0) is 12.1. The molecule has 1 aliphatic heterocycles. The lowest BCUT2D eigenvalue weighted by Gasteiger charge is -2.07. The molecule has 0 bridgehead atoms. The van der Waals surface area contributed by atoms with Crippen LogP contribution in [0.3, 0.4) is 0 Å². The van der Waals surface area contributed by atoms with E-state index in [0.29, 0.717) is 12.5 Å². The molecule has 0 aromatic heterocycles. The quantitative estimate of drug-likeness (QED) is 0.780. The van der Waals surface area contributed by atoms with Gasteiger partial charge in [-0.15, -0.1) is 0 Å². The van der Waals surface area contributed by atoms with Crippen LogP contribution < -0.4 is 9.47 Å². The van der Waals surface area contributed by atoms with Gasteiger partial charge < -0.3 is 9.47 Å². The zero-order valence-corrected chi connectivity index (χ0v) is 10.3. The topological polar surface area (TPSA) is 18.5 Å². The first kappa shape index (κ1) is 11.8. The van der Waals surface area contributed by atoms with Crippen molar-refractivity contribution < 1.29 is 9.47 Å². The first-order valence-corrected chi connectivity index (χ1v) is 6.01. The number of hydrogen-bond donors (Lipinski definition) is 0. The summed E-state index contributed by atoms with van der Waals surface area (Å²) in [4.78, 5) is 0. The van der Waals surface area contributed by atoms with E-state index >= 15 is 0 Å². The van der Waals surface area contributed by atoms with Crippen molar-refractivity contribution in [3.8, 4) is 11.5 Å². The molecule has 1 aliphatic rings. The van der Waals surface area contributed by atoms with Crippen molar-refractivity contribution in [2.24, 2.45) is 5.92 Å². The molecule has 1 aromatic rings. The van der Waals surface area contributed by atoms with E-state index in [1.54, 1.807) is 6.26 Å². The van der Waals surface area contributed by atoms with Crippen LogP contribution in [0.4, 0.5) is 0 Å². The fourth-order valence-corrected chi connectivity index (χ4v) is 1.61. The Bertz CT molecular complexity index is 431. The number of fused-ring (bicyclic) bond motifs is 1. The van der Waals surface area contributed by atoms with Crippen LogP contribution in [0.1, 0.15) is 25.8 Å². The highest BCUT2D eigenvalue weighted by molar-refractivity contribution is 5.56. The Morgan fingerprint density at radius 3 is 3.00 bits per heavy atom. The van der Waals surface area contributed by atoms with Crippen molar-refractivity contribution in [1.29, 1.82) is 0 Å². The highest BCUT2D eigenvalue weighted by Gasteiger charge is 2.06. The fraction of sp³-hybridized carbons (Fsp3) is 0.333. The first-order chi connectivity index (χ1) is 8.25. The molecule has 0 atom stereocenters. The van der Waals surface area contributed by atoms with Gasteiger partial charge in [-0.25, -0.2) is 0 Å². The van der Waals surface area contributed by atoms with Gasteiger partial charge >= 0.3 is 0 Å². The molecular formula is C15H18O2. The van der Waals surface area contributed by atoms with E-state index < -0.39 is 0 Å². The SMILES string of the molecule is CC(C)CC=Cc1ccc2c(c1)OC=CCO2. The van der Waals surface area contributed by atoms with E-state index in [2.05, 4.69) is 26.0 Å². The molecule has 0 radical (unpaired) electrons. The van der Waals surface area contributed by atoms with E-state index in [1.165, 1.54) is 0 Å². The number of rotatable bonds is 3. The minimum absolute atomic E-state index is 0.565. The standard InChI is InChI=1S/C15H18O2/c1-12(2)5-3-6-13-7-8-14-15(11-13)17-10-4-9-16-14/h3-4,6-8,10-12H,5,9H2,1-2H3. The van der Waals surface area contributed by atoms with Gasteiger partial charge in [-0.1, -0.05) is 32.1 Å². The highest BCUT2D eigenvalue weighted by Crippen LogP contribution is 2.30. The summed E-state index contributed by atoms with van der Waals surface area (Å²) in [5.74, 6) is 2.27. The summed E-state index contributed by atoms with van der Waals surface area (Å²) in [5, 5.41) is 0. The second-order valence-electron chi connectivity index (χ2n) is 4.54. The summed E-state index contributed by atoms with van der Waals surface area (Å²) in [7, 11) is 0. The molecule has 2 nitrogen and oxygen atoms in total. The lowest BCUT2D eigenvalue weighted by molar-refractivity contribution is 0.356. The summed E-state index contributed by atoms with van der Waals surface area (Å²) < 4.78 is 11.0. The van der Waals surface area contributed by atoms with Gasteiger partial charge in [0.05, 0.1) is 6.26 Å². The Labute approximate surface area is 103 Å². The Hall–Kier alpha value is -1.70. The third-order valence-electron chi connectivity index (χ3n) is 2.51. The molecule has 0 amide bonds. The molecule has 0 fully saturated rings. The lowest BCUT2D eigenvalue weighted by atomic mass is 10.1. The predicted octanol–water partition coefficient (Wildman–Crippen LogP) is 4.03. The van der Waals surface area contributed by atoms with Gasteiger partial charge in [-0.2, -0.15) is 0 Å². The molecule has 2 rings (SSSR count). The summed E-state index contributed by atoms with van der Waals surface area (Å²) in [6, 6.07) is 6.00. The van der Waals surface area contributed by atoms with E-state index in [1.807, 2.05) is 24.3 Å². The van der Waals surface area contributed by atoms with Crippen LogP contribution >= 0.6 is 0 Å². The summed E-state index contributed by atoms with van der Waals surface area (Å²) >= 11 is 0. The Morgan fingerprint density at radius 2 is 2.18 bits per heavy atom. The average molecular weight is 230 g/mol. The third kappa shape index (κ3) is 3.38. The maximum Gasteiger partial charge on any atom is 0.168 e. The van der Waals surface area contributed by atoms with Gasteiger partial charge in [0.25, 0.3) is 0 Å². The maximum atomic E-state index is 5.51. The van der Waals surface area contributed by atoms with Crippen LogP contribution in [-0.4, -0.2) is 6.61 Å². The summed E-state index contributed by atoms with van der Waals surface area (Å²) in [5.41, 5.74) is 1.14. The van der Waals surface area contributed by atoms with Crippen molar-refractivity contribution in [3.63, 3.8) is 0 Å². The van der Waals surface area contributed by atoms with Crippen LogP contribution in [0, 0.1) is 5.92 Å². The molecule has 1 aromatic carbocycles. The second-order valence-corrected chi connectivity index (χ2v) is 4.54. The molecule has 0 saturated carbocycles. The van der Waals surface area contributed by atoms with Gasteiger partial charge in [0.2, 0.25) is 0 Å². The largest absolute Gasteiger partial charge is 0.485 e. The summed E-state index contributed by atoms with van der Waals surface area (Å²) in [6.45, 7) is 4.99. The van der Waals surface area contributed by atoms with Gasteiger partial charge in [0, 0.05) is 0 Å². The minimum atomic E-state index is 0.565. The van der Waals surface area contributed by atoms with E-state index in [-0.39, 0.29) is 0 Å². The van der Waals surface area contributed by atoms with Crippen LogP contribution in [-0.2, 0) is 0 Å². The minimum Gasteiger partial charge on any atom is -0.485 e. The zero-order valence-electron chi connectivity index (χ0n) is 10.3. The van der Waals surface area contributed by atoms with Crippen molar-refractivity contribution in [2.45, 2.75) is 20.3 Å². The van der Waals surface area contributed by atoms with E-state index in [4.69, 9.17) is 9.47 Å². The van der Waals surface area contributed by atoms with Crippen molar-refractivity contribution >= 4 is 6.08 Å². The second kappa shape index (κ2) is 5.58. The predicted molar refractivity (Wildman–Crippen MR) is 70.2 cm³/mol. The first-order valence-electron chi connectivity index (χ1n) is 6.01. The summed E-state index contributed by atoms with van der Waals surface area (Å²) in [6.07, 6.45) is 8.94. The normalized spacial score (nSPS) is 14.3. The average Bonchev–Trinajstić information content (AvgIpc) is 2.53. The monoisotopic (exact) mass is 230 g/mol. The van der Waals surface area contributed by atoms with Gasteiger partial charge in [0.15, 0.2) is 11.5 Å². The molecule has 0 N–H and O–H groups in total. The lowest BCUT2D eigenvalue weighted by Crippen LogP contribution is -1.91. The van der Waals surface area contributed by atoms with Gasteiger partial charge in [-0.05, 0) is 36.1 Å². The van der Waals surface area contributed by atoms with Gasteiger partial charge in [0.1, 0.15) is 6.61 Å². The molecular weight excluding hydrogens is 212 g/mol.